The van der Waals surface area contributed by atoms with Gasteiger partial charge in [0.05, 0.1) is 13.0 Å². The molecule has 3 rings (SSSR count). The summed E-state index contributed by atoms with van der Waals surface area (Å²) in [4.78, 5) is 0. The van der Waals surface area contributed by atoms with Crippen LogP contribution in [0.4, 0.5) is 17.6 Å². The molecule has 1 fully saturated rings. The van der Waals surface area contributed by atoms with Gasteiger partial charge in [-0.1, -0.05) is 76.6 Å². The third kappa shape index (κ3) is 8.90. The van der Waals surface area contributed by atoms with Gasteiger partial charge in [0.1, 0.15) is 11.6 Å². The predicted octanol–water partition coefficient (Wildman–Crippen LogP) is 9.90. The van der Waals surface area contributed by atoms with Crippen LogP contribution in [-0.2, 0) is 24.2 Å². The number of aryl methyl sites for hydroxylation is 1. The molecule has 1 nitrogen and oxygen atoms in total. The summed E-state index contributed by atoms with van der Waals surface area (Å²) < 4.78 is 62.8. The van der Waals surface area contributed by atoms with Gasteiger partial charge < -0.3 is 4.74 Å². The highest BCUT2D eigenvalue weighted by atomic mass is 19.3. The number of halogens is 4. The first-order valence-electron chi connectivity index (χ1n) is 13.9. The normalized spacial score (nSPS) is 18.5. The molecule has 0 saturated heterocycles. The Morgan fingerprint density at radius 3 is 2.14 bits per heavy atom. The second-order valence-electron chi connectivity index (χ2n) is 10.5. The van der Waals surface area contributed by atoms with Crippen LogP contribution in [0, 0.1) is 17.6 Å². The minimum Gasteiger partial charge on any atom is -0.315 e. The Kier molecular flexibility index (Phi) is 11.3. The summed E-state index contributed by atoms with van der Waals surface area (Å²) in [5, 5.41) is 0. The van der Waals surface area contributed by atoms with Crippen LogP contribution in [0.15, 0.2) is 36.4 Å². The lowest BCUT2D eigenvalue weighted by Gasteiger charge is -2.29. The fraction of sp³-hybridized carbons (Fsp3) is 0.613. The van der Waals surface area contributed by atoms with Crippen molar-refractivity contribution in [2.45, 2.75) is 116 Å². The molecule has 0 bridgehead atoms. The van der Waals surface area contributed by atoms with E-state index in [1.807, 2.05) is 6.07 Å². The number of hydrogen-bond acceptors (Lipinski definition) is 1. The third-order valence-electron chi connectivity index (χ3n) is 7.63. The lowest BCUT2D eigenvalue weighted by molar-refractivity contribution is -0.244. The van der Waals surface area contributed by atoms with Crippen molar-refractivity contribution < 1.29 is 22.3 Å². The molecule has 0 aromatic heterocycles. The second-order valence-corrected chi connectivity index (χ2v) is 10.5. The molecule has 1 aliphatic rings. The van der Waals surface area contributed by atoms with Gasteiger partial charge in [-0.15, -0.1) is 0 Å². The van der Waals surface area contributed by atoms with E-state index in [9.17, 15) is 17.6 Å². The Hall–Kier alpha value is -1.88. The van der Waals surface area contributed by atoms with Gasteiger partial charge in [0.2, 0.25) is 0 Å². The van der Waals surface area contributed by atoms with Crippen LogP contribution in [0.2, 0.25) is 0 Å². The number of benzene rings is 2. The van der Waals surface area contributed by atoms with E-state index in [0.29, 0.717) is 5.92 Å². The molecule has 1 saturated carbocycles. The van der Waals surface area contributed by atoms with Crippen molar-refractivity contribution in [2.75, 3.05) is 0 Å². The van der Waals surface area contributed by atoms with Crippen molar-refractivity contribution in [3.8, 4) is 0 Å². The molecule has 5 heteroatoms. The van der Waals surface area contributed by atoms with Crippen LogP contribution in [0.1, 0.15) is 113 Å². The summed E-state index contributed by atoms with van der Waals surface area (Å²) in [6.45, 7) is 3.75. The zero-order valence-corrected chi connectivity index (χ0v) is 21.9. The Morgan fingerprint density at radius 1 is 0.806 bits per heavy atom. The van der Waals surface area contributed by atoms with Crippen LogP contribution in [-0.4, -0.2) is 6.11 Å². The Balaban J connectivity index is 1.50. The number of ether oxygens (including phenoxy) is 1. The van der Waals surface area contributed by atoms with E-state index < -0.39 is 30.8 Å². The number of unbranched alkanes of at least 4 members (excludes halogenated alkanes) is 4. The predicted molar refractivity (Wildman–Crippen MR) is 138 cm³/mol. The van der Waals surface area contributed by atoms with E-state index in [1.54, 1.807) is 12.1 Å². The molecular weight excluding hydrogens is 464 g/mol. The molecule has 200 valence electrons. The third-order valence-corrected chi connectivity index (χ3v) is 7.63. The number of rotatable bonds is 14. The molecule has 0 atom stereocenters. The maximum Gasteiger partial charge on any atom is 0.360 e. The molecule has 1 aliphatic carbocycles. The number of hydrogen-bond donors (Lipinski definition) is 0. The standard InChI is InChI=1S/C31H42F4O/c1-3-5-7-9-23-11-14-25(15-12-23)26-17-18-28(30(33)20-26)22-36-31(34,35)21-27-16-13-24(19-29(27)32)10-8-6-4-2/h13,16-20,23,25H,3-12,14-15,21-22H2,1-2H3. The molecule has 0 heterocycles. The molecule has 36 heavy (non-hydrogen) atoms. The molecule has 0 radical (unpaired) electrons. The maximum atomic E-state index is 14.7. The lowest BCUT2D eigenvalue weighted by Crippen LogP contribution is -2.24. The van der Waals surface area contributed by atoms with Gasteiger partial charge in [-0.05, 0) is 79.2 Å². The second kappa shape index (κ2) is 14.2. The molecule has 2 aromatic rings. The van der Waals surface area contributed by atoms with Crippen molar-refractivity contribution in [1.82, 2.24) is 0 Å². The Bertz CT molecular complexity index is 934. The monoisotopic (exact) mass is 506 g/mol. The fourth-order valence-electron chi connectivity index (χ4n) is 5.33. The van der Waals surface area contributed by atoms with Crippen LogP contribution in [0.5, 0.6) is 0 Å². The van der Waals surface area contributed by atoms with E-state index in [-0.39, 0.29) is 11.1 Å². The summed E-state index contributed by atoms with van der Waals surface area (Å²) in [7, 11) is 0. The smallest absolute Gasteiger partial charge is 0.315 e. The molecule has 0 N–H and O–H groups in total. The van der Waals surface area contributed by atoms with E-state index in [4.69, 9.17) is 4.74 Å². The van der Waals surface area contributed by atoms with Gasteiger partial charge in [0.25, 0.3) is 0 Å². The van der Waals surface area contributed by atoms with Crippen molar-refractivity contribution in [3.05, 3.63) is 70.3 Å². The first kappa shape index (κ1) is 28.7. The topological polar surface area (TPSA) is 9.23 Å². The SMILES string of the molecule is CCCCCc1ccc(CC(F)(F)OCc2ccc(C3CCC(CCCCC)CC3)cc2F)c(F)c1. The van der Waals surface area contributed by atoms with E-state index >= 15 is 0 Å². The van der Waals surface area contributed by atoms with E-state index in [0.717, 1.165) is 55.6 Å². The molecule has 0 spiro atoms. The molecule has 0 aliphatic heterocycles. The maximum absolute atomic E-state index is 14.7. The van der Waals surface area contributed by atoms with Crippen LogP contribution < -0.4 is 0 Å². The largest absolute Gasteiger partial charge is 0.360 e. The van der Waals surface area contributed by atoms with Gasteiger partial charge >= 0.3 is 6.11 Å². The van der Waals surface area contributed by atoms with Gasteiger partial charge in [-0.3, -0.25) is 0 Å². The molecule has 0 unspecified atom stereocenters. The Labute approximate surface area is 214 Å². The minimum atomic E-state index is -3.59. The van der Waals surface area contributed by atoms with E-state index in [2.05, 4.69) is 13.8 Å². The first-order valence-corrected chi connectivity index (χ1v) is 13.9. The van der Waals surface area contributed by atoms with Gasteiger partial charge in [0.15, 0.2) is 0 Å². The van der Waals surface area contributed by atoms with Crippen molar-refractivity contribution >= 4 is 0 Å². The highest BCUT2D eigenvalue weighted by Crippen LogP contribution is 2.38. The average Bonchev–Trinajstić information content (AvgIpc) is 2.85. The molecular formula is C31H42F4O. The highest BCUT2D eigenvalue weighted by molar-refractivity contribution is 5.28. The summed E-state index contributed by atoms with van der Waals surface area (Å²) in [5.74, 6) is -0.0697. The van der Waals surface area contributed by atoms with Gasteiger partial charge in [-0.2, -0.15) is 8.78 Å². The van der Waals surface area contributed by atoms with E-state index in [1.165, 1.54) is 56.7 Å². The number of alkyl halides is 2. The minimum absolute atomic E-state index is 0.0958. The zero-order valence-electron chi connectivity index (χ0n) is 21.9. The van der Waals surface area contributed by atoms with Crippen molar-refractivity contribution in [1.29, 1.82) is 0 Å². The van der Waals surface area contributed by atoms with Gasteiger partial charge in [-0.25, -0.2) is 8.78 Å². The summed E-state index contributed by atoms with van der Waals surface area (Å²) in [6, 6.07) is 9.32. The summed E-state index contributed by atoms with van der Waals surface area (Å²) >= 11 is 0. The molecule has 2 aromatic carbocycles. The van der Waals surface area contributed by atoms with Gasteiger partial charge in [0, 0.05) is 5.56 Å². The summed E-state index contributed by atoms with van der Waals surface area (Å²) in [5.41, 5.74) is 1.75. The quantitative estimate of drug-likeness (QED) is 0.183. The Morgan fingerprint density at radius 2 is 1.47 bits per heavy atom. The summed E-state index contributed by atoms with van der Waals surface area (Å²) in [6.07, 6.45) is 8.85. The fourth-order valence-corrected chi connectivity index (χ4v) is 5.33. The van der Waals surface area contributed by atoms with Crippen LogP contribution >= 0.6 is 0 Å². The van der Waals surface area contributed by atoms with Crippen molar-refractivity contribution in [2.24, 2.45) is 5.92 Å². The molecule has 0 amide bonds. The van der Waals surface area contributed by atoms with Crippen molar-refractivity contribution in [3.63, 3.8) is 0 Å². The highest BCUT2D eigenvalue weighted by Gasteiger charge is 2.32. The van der Waals surface area contributed by atoms with Crippen LogP contribution in [0.3, 0.4) is 0 Å². The lowest BCUT2D eigenvalue weighted by atomic mass is 9.77. The first-order chi connectivity index (χ1) is 17.3. The zero-order chi connectivity index (χ0) is 26.0. The van der Waals surface area contributed by atoms with Crippen LogP contribution in [0.25, 0.3) is 0 Å². The average molecular weight is 507 g/mol.